The molecule has 0 heterocycles. The minimum Gasteiger partial charge on any atom is -0.481 e. The van der Waals surface area contributed by atoms with E-state index in [1.807, 2.05) is 14.1 Å². The zero-order chi connectivity index (χ0) is 13.8. The van der Waals surface area contributed by atoms with Crippen molar-refractivity contribution in [2.24, 2.45) is 0 Å². The van der Waals surface area contributed by atoms with Gasteiger partial charge < -0.3 is 14.4 Å². The Hall–Kier alpha value is -1.37. The maximum Gasteiger partial charge on any atom is 0.309 e. The summed E-state index contributed by atoms with van der Waals surface area (Å²) in [5.41, 5.74) is 0. The SMILES string of the molecule is C[N+](C)(CCC(=O)O)C1CCC(O[N+](=O)[O-])CC1. The number of carboxylic acid groups (broad SMARTS) is 1. The molecule has 1 aliphatic carbocycles. The Morgan fingerprint density at radius 2 is 1.94 bits per heavy atom. The van der Waals surface area contributed by atoms with Crippen LogP contribution in [0.4, 0.5) is 0 Å². The zero-order valence-electron chi connectivity index (χ0n) is 10.9. The Kier molecular flexibility index (Phi) is 4.89. The van der Waals surface area contributed by atoms with Crippen LogP contribution in [0.5, 0.6) is 0 Å². The van der Waals surface area contributed by atoms with Crippen molar-refractivity contribution in [2.75, 3.05) is 20.6 Å². The first kappa shape index (κ1) is 14.7. The van der Waals surface area contributed by atoms with Crippen molar-refractivity contribution in [1.82, 2.24) is 0 Å². The van der Waals surface area contributed by atoms with Crippen molar-refractivity contribution in [1.29, 1.82) is 0 Å². The summed E-state index contributed by atoms with van der Waals surface area (Å²) >= 11 is 0. The quantitative estimate of drug-likeness (QED) is 0.438. The molecule has 104 valence electrons. The normalized spacial score (nSPS) is 24.6. The fourth-order valence-electron chi connectivity index (χ4n) is 2.54. The highest BCUT2D eigenvalue weighted by Gasteiger charge is 2.34. The minimum atomic E-state index is -0.786. The van der Waals surface area contributed by atoms with E-state index in [2.05, 4.69) is 4.84 Å². The molecule has 0 aliphatic heterocycles. The molecule has 0 unspecified atom stereocenters. The topological polar surface area (TPSA) is 89.7 Å². The maximum absolute atomic E-state index is 10.6. The number of hydrogen-bond acceptors (Lipinski definition) is 4. The van der Waals surface area contributed by atoms with Gasteiger partial charge in [0.05, 0.1) is 33.1 Å². The van der Waals surface area contributed by atoms with Crippen molar-refractivity contribution < 1.29 is 24.3 Å². The Morgan fingerprint density at radius 1 is 1.39 bits per heavy atom. The molecule has 0 aromatic heterocycles. The molecular weight excluding hydrogens is 240 g/mol. The van der Waals surface area contributed by atoms with E-state index in [1.54, 1.807) is 0 Å². The predicted molar refractivity (Wildman–Crippen MR) is 63.4 cm³/mol. The van der Waals surface area contributed by atoms with Crippen molar-refractivity contribution in [2.45, 2.75) is 44.2 Å². The molecule has 1 N–H and O–H groups in total. The molecule has 1 rings (SSSR count). The summed E-state index contributed by atoms with van der Waals surface area (Å²) in [4.78, 5) is 25.4. The van der Waals surface area contributed by atoms with Gasteiger partial charge in [-0.3, -0.25) is 4.79 Å². The van der Waals surface area contributed by atoms with E-state index in [0.717, 1.165) is 12.8 Å². The summed E-state index contributed by atoms with van der Waals surface area (Å²) in [5, 5.41) is 18.2. The fourth-order valence-corrected chi connectivity index (χ4v) is 2.54. The summed E-state index contributed by atoms with van der Waals surface area (Å²) < 4.78 is 0.650. The van der Waals surface area contributed by atoms with E-state index >= 15 is 0 Å². The molecule has 0 aromatic rings. The molecule has 1 aliphatic rings. The molecule has 1 fully saturated rings. The second kappa shape index (κ2) is 5.99. The van der Waals surface area contributed by atoms with Crippen LogP contribution in [-0.4, -0.2) is 53.4 Å². The lowest BCUT2D eigenvalue weighted by Crippen LogP contribution is -2.51. The highest BCUT2D eigenvalue weighted by atomic mass is 17.0. The van der Waals surface area contributed by atoms with E-state index in [0.29, 0.717) is 29.9 Å². The van der Waals surface area contributed by atoms with E-state index in [1.165, 1.54) is 0 Å². The summed E-state index contributed by atoms with van der Waals surface area (Å²) in [6.07, 6.45) is 2.87. The van der Waals surface area contributed by atoms with E-state index in [4.69, 9.17) is 5.11 Å². The van der Waals surface area contributed by atoms with Gasteiger partial charge >= 0.3 is 5.97 Å². The van der Waals surface area contributed by atoms with Gasteiger partial charge in [0.2, 0.25) is 0 Å². The number of quaternary nitrogens is 1. The second-order valence-corrected chi connectivity index (χ2v) is 5.41. The number of aliphatic carboxylic acids is 1. The van der Waals surface area contributed by atoms with Crippen molar-refractivity contribution in [3.63, 3.8) is 0 Å². The molecule has 0 aromatic carbocycles. The Balaban J connectivity index is 2.41. The Bertz CT molecular complexity index is 311. The van der Waals surface area contributed by atoms with Crippen LogP contribution >= 0.6 is 0 Å². The van der Waals surface area contributed by atoms with Crippen LogP contribution in [0.3, 0.4) is 0 Å². The highest BCUT2D eigenvalue weighted by molar-refractivity contribution is 5.66. The fraction of sp³-hybridized carbons (Fsp3) is 0.909. The average molecular weight is 261 g/mol. The molecule has 18 heavy (non-hydrogen) atoms. The molecular formula is C11H21N2O5+. The Morgan fingerprint density at radius 3 is 2.39 bits per heavy atom. The molecule has 0 spiro atoms. The lowest BCUT2D eigenvalue weighted by Gasteiger charge is -2.41. The van der Waals surface area contributed by atoms with Crippen LogP contribution in [0.1, 0.15) is 32.1 Å². The van der Waals surface area contributed by atoms with Crippen LogP contribution in [-0.2, 0) is 9.63 Å². The molecule has 0 saturated heterocycles. The number of carbonyl (C=O) groups is 1. The first-order valence-corrected chi connectivity index (χ1v) is 6.17. The lowest BCUT2D eigenvalue weighted by molar-refractivity contribution is -0.916. The van der Waals surface area contributed by atoms with Crippen LogP contribution in [0.15, 0.2) is 0 Å². The van der Waals surface area contributed by atoms with Gasteiger partial charge in [0, 0.05) is 12.8 Å². The zero-order valence-corrected chi connectivity index (χ0v) is 10.9. The van der Waals surface area contributed by atoms with Gasteiger partial charge in [0.15, 0.2) is 0 Å². The van der Waals surface area contributed by atoms with E-state index in [-0.39, 0.29) is 12.5 Å². The number of hydrogen-bond donors (Lipinski definition) is 1. The smallest absolute Gasteiger partial charge is 0.309 e. The molecule has 0 atom stereocenters. The third-order valence-corrected chi connectivity index (χ3v) is 3.77. The summed E-state index contributed by atoms with van der Waals surface area (Å²) in [6.45, 7) is 0.584. The van der Waals surface area contributed by atoms with Gasteiger partial charge in [-0.05, 0) is 12.8 Å². The van der Waals surface area contributed by atoms with Gasteiger partial charge in [-0.2, -0.15) is 0 Å². The third-order valence-electron chi connectivity index (χ3n) is 3.77. The average Bonchev–Trinajstić information content (AvgIpc) is 2.26. The number of rotatable bonds is 6. The second-order valence-electron chi connectivity index (χ2n) is 5.41. The molecule has 7 heteroatoms. The third kappa shape index (κ3) is 4.48. The van der Waals surface area contributed by atoms with Crippen molar-refractivity contribution in [3.8, 4) is 0 Å². The summed E-state index contributed by atoms with van der Waals surface area (Å²) in [6, 6.07) is 0.357. The molecule has 0 bridgehead atoms. The predicted octanol–water partition coefficient (Wildman–Crippen LogP) is 1.06. The molecule has 7 nitrogen and oxygen atoms in total. The van der Waals surface area contributed by atoms with Gasteiger partial charge in [-0.1, -0.05) is 0 Å². The summed E-state index contributed by atoms with van der Waals surface area (Å²) in [7, 11) is 4.03. The van der Waals surface area contributed by atoms with Gasteiger partial charge in [-0.25, -0.2) is 0 Å². The first-order valence-electron chi connectivity index (χ1n) is 6.17. The van der Waals surface area contributed by atoms with Gasteiger partial charge in [0.1, 0.15) is 6.10 Å². The summed E-state index contributed by atoms with van der Waals surface area (Å²) in [5.74, 6) is -0.786. The lowest BCUT2D eigenvalue weighted by atomic mass is 9.91. The van der Waals surface area contributed by atoms with Crippen LogP contribution in [0.25, 0.3) is 0 Å². The first-order chi connectivity index (χ1) is 8.31. The molecule has 0 amide bonds. The molecule has 0 radical (unpaired) electrons. The highest BCUT2D eigenvalue weighted by Crippen LogP contribution is 2.27. The van der Waals surface area contributed by atoms with Crippen LogP contribution in [0.2, 0.25) is 0 Å². The standard InChI is InChI=1S/C11H20N2O5/c1-13(2,8-7-11(14)15)9-3-5-10(6-4-9)18-12(16)17/h9-10H,3-8H2,1-2H3/p+1. The van der Waals surface area contributed by atoms with Gasteiger partial charge in [0.25, 0.3) is 5.09 Å². The van der Waals surface area contributed by atoms with Gasteiger partial charge in [-0.15, -0.1) is 10.1 Å². The van der Waals surface area contributed by atoms with Crippen molar-refractivity contribution in [3.05, 3.63) is 10.1 Å². The monoisotopic (exact) mass is 261 g/mol. The van der Waals surface area contributed by atoms with Crippen LogP contribution < -0.4 is 0 Å². The number of nitrogens with zero attached hydrogens (tertiary/aromatic N) is 2. The number of carboxylic acids is 1. The maximum atomic E-state index is 10.6. The molecule has 1 saturated carbocycles. The Labute approximate surface area is 106 Å². The largest absolute Gasteiger partial charge is 0.481 e. The van der Waals surface area contributed by atoms with E-state index in [9.17, 15) is 14.9 Å². The van der Waals surface area contributed by atoms with Crippen LogP contribution in [0, 0.1) is 10.1 Å². The van der Waals surface area contributed by atoms with Crippen molar-refractivity contribution >= 4 is 5.97 Å². The minimum absolute atomic E-state index is 0.151. The van der Waals surface area contributed by atoms with E-state index < -0.39 is 11.1 Å².